The van der Waals surface area contributed by atoms with Crippen LogP contribution in [0.15, 0.2) is 77.7 Å². The minimum Gasteiger partial charge on any atom is -0.496 e. The number of amides is 1. The lowest BCUT2D eigenvalue weighted by molar-refractivity contribution is -0.113. The number of esters is 1. The van der Waals surface area contributed by atoms with E-state index in [4.69, 9.17) is 33.3 Å². The van der Waals surface area contributed by atoms with Crippen LogP contribution in [-0.2, 0) is 4.79 Å². The Balaban J connectivity index is 1.56. The number of hydrogen-bond donors (Lipinski definition) is 0. The van der Waals surface area contributed by atoms with E-state index in [-0.39, 0.29) is 5.91 Å². The Labute approximate surface area is 199 Å². The van der Waals surface area contributed by atoms with Gasteiger partial charge in [0.15, 0.2) is 4.32 Å². The van der Waals surface area contributed by atoms with E-state index in [1.165, 1.54) is 23.8 Å². The Kier molecular flexibility index (Phi) is 6.60. The second-order valence-electron chi connectivity index (χ2n) is 6.65. The van der Waals surface area contributed by atoms with Crippen LogP contribution >= 0.6 is 35.6 Å². The maximum absolute atomic E-state index is 12.9. The molecule has 1 aliphatic rings. The Hall–Kier alpha value is -3.13. The fourth-order valence-electron chi connectivity index (χ4n) is 3.03. The van der Waals surface area contributed by atoms with Crippen LogP contribution < -0.4 is 14.4 Å². The lowest BCUT2D eigenvalue weighted by Gasteiger charge is -2.14. The standard InChI is InChI=1S/C24H16ClNO4S2/c1-29-20-14-19(30-23(28)15-7-10-17(25)11-8-15)12-9-16(20)13-21-22(27)26(24(31)32-21)18-5-3-2-4-6-18/h2-14H,1H3. The van der Waals surface area contributed by atoms with Crippen molar-refractivity contribution in [2.24, 2.45) is 0 Å². The summed E-state index contributed by atoms with van der Waals surface area (Å²) in [6, 6.07) is 20.6. The van der Waals surface area contributed by atoms with Gasteiger partial charge in [0.05, 0.1) is 23.3 Å². The summed E-state index contributed by atoms with van der Waals surface area (Å²) in [5.41, 5.74) is 1.75. The summed E-state index contributed by atoms with van der Waals surface area (Å²) in [4.78, 5) is 27.3. The number of thioether (sulfide) groups is 1. The molecule has 160 valence electrons. The Bertz CT molecular complexity index is 1230. The van der Waals surface area contributed by atoms with Gasteiger partial charge >= 0.3 is 5.97 Å². The van der Waals surface area contributed by atoms with Gasteiger partial charge < -0.3 is 9.47 Å². The molecule has 0 spiro atoms. The second kappa shape index (κ2) is 9.56. The van der Waals surface area contributed by atoms with E-state index in [1.807, 2.05) is 30.3 Å². The lowest BCUT2D eigenvalue weighted by Crippen LogP contribution is -2.27. The molecule has 1 fully saturated rings. The predicted molar refractivity (Wildman–Crippen MR) is 131 cm³/mol. The van der Waals surface area contributed by atoms with E-state index in [0.717, 1.165) is 5.69 Å². The van der Waals surface area contributed by atoms with Crippen molar-refractivity contribution < 1.29 is 19.1 Å². The quantitative estimate of drug-likeness (QED) is 0.193. The molecule has 0 aromatic heterocycles. The third-order valence-electron chi connectivity index (χ3n) is 4.59. The first-order chi connectivity index (χ1) is 15.5. The normalized spacial score (nSPS) is 14.7. The minimum absolute atomic E-state index is 0.202. The Morgan fingerprint density at radius 1 is 1.06 bits per heavy atom. The summed E-state index contributed by atoms with van der Waals surface area (Å²) in [6.45, 7) is 0. The highest BCUT2D eigenvalue weighted by molar-refractivity contribution is 8.27. The highest BCUT2D eigenvalue weighted by Crippen LogP contribution is 2.37. The molecule has 4 rings (SSSR count). The van der Waals surface area contributed by atoms with Crippen LogP contribution in [0.2, 0.25) is 5.02 Å². The summed E-state index contributed by atoms with van der Waals surface area (Å²) in [5, 5.41) is 0.533. The van der Waals surface area contributed by atoms with Gasteiger partial charge in [-0.3, -0.25) is 9.69 Å². The molecule has 1 saturated heterocycles. The molecule has 0 radical (unpaired) electrons. The van der Waals surface area contributed by atoms with Crippen LogP contribution in [0.25, 0.3) is 6.08 Å². The van der Waals surface area contributed by atoms with Gasteiger partial charge in [-0.25, -0.2) is 4.79 Å². The molecule has 0 saturated carbocycles. The molecule has 0 N–H and O–H groups in total. The van der Waals surface area contributed by atoms with Crippen molar-refractivity contribution in [1.29, 1.82) is 0 Å². The third kappa shape index (κ3) is 4.70. The van der Waals surface area contributed by atoms with Gasteiger partial charge in [-0.15, -0.1) is 0 Å². The molecule has 32 heavy (non-hydrogen) atoms. The summed E-state index contributed by atoms with van der Waals surface area (Å²) in [7, 11) is 1.51. The molecule has 5 nitrogen and oxygen atoms in total. The maximum atomic E-state index is 12.9. The number of para-hydroxylation sites is 1. The van der Waals surface area contributed by atoms with E-state index in [1.54, 1.807) is 48.5 Å². The van der Waals surface area contributed by atoms with Crippen molar-refractivity contribution in [3.8, 4) is 11.5 Å². The van der Waals surface area contributed by atoms with E-state index < -0.39 is 5.97 Å². The number of thiocarbonyl (C=S) groups is 1. The zero-order valence-electron chi connectivity index (χ0n) is 16.8. The predicted octanol–water partition coefficient (Wildman–Crippen LogP) is 5.97. The molecule has 1 amide bonds. The van der Waals surface area contributed by atoms with E-state index in [2.05, 4.69) is 0 Å². The lowest BCUT2D eigenvalue weighted by atomic mass is 10.1. The van der Waals surface area contributed by atoms with E-state index in [0.29, 0.717) is 36.9 Å². The zero-order chi connectivity index (χ0) is 22.7. The number of ether oxygens (including phenoxy) is 2. The van der Waals surface area contributed by atoms with Crippen molar-refractivity contribution >= 4 is 63.5 Å². The van der Waals surface area contributed by atoms with E-state index in [9.17, 15) is 9.59 Å². The molecule has 3 aromatic rings. The molecular formula is C24H16ClNO4S2. The summed E-state index contributed by atoms with van der Waals surface area (Å²) < 4.78 is 11.3. The number of anilines is 1. The Morgan fingerprint density at radius 2 is 1.78 bits per heavy atom. The smallest absolute Gasteiger partial charge is 0.343 e. The minimum atomic E-state index is -0.514. The van der Waals surface area contributed by atoms with Crippen LogP contribution in [0.1, 0.15) is 15.9 Å². The number of rotatable bonds is 5. The largest absolute Gasteiger partial charge is 0.496 e. The van der Waals surface area contributed by atoms with Crippen molar-refractivity contribution in [2.75, 3.05) is 12.0 Å². The molecule has 0 aliphatic carbocycles. The number of hydrogen-bond acceptors (Lipinski definition) is 6. The first-order valence-corrected chi connectivity index (χ1v) is 11.1. The van der Waals surface area contributed by atoms with Crippen LogP contribution in [-0.4, -0.2) is 23.3 Å². The van der Waals surface area contributed by atoms with E-state index >= 15 is 0 Å². The highest BCUT2D eigenvalue weighted by atomic mass is 35.5. The molecule has 0 bridgehead atoms. The average Bonchev–Trinajstić information content (AvgIpc) is 3.08. The average molecular weight is 482 g/mol. The highest BCUT2D eigenvalue weighted by Gasteiger charge is 2.33. The fraction of sp³-hybridized carbons (Fsp3) is 0.0417. The van der Waals surface area contributed by atoms with Crippen molar-refractivity contribution in [3.63, 3.8) is 0 Å². The Morgan fingerprint density at radius 3 is 2.47 bits per heavy atom. The summed E-state index contributed by atoms with van der Waals surface area (Å²) >= 11 is 12.5. The van der Waals surface area contributed by atoms with Crippen LogP contribution in [0.4, 0.5) is 5.69 Å². The molecule has 1 aliphatic heterocycles. The number of halogens is 1. The fourth-order valence-corrected chi connectivity index (χ4v) is 4.45. The molecule has 8 heteroatoms. The number of benzene rings is 3. The van der Waals surface area contributed by atoms with Gasteiger partial charge in [0, 0.05) is 16.7 Å². The molecular weight excluding hydrogens is 466 g/mol. The maximum Gasteiger partial charge on any atom is 0.343 e. The van der Waals surface area contributed by atoms with Gasteiger partial charge in [-0.05, 0) is 54.6 Å². The van der Waals surface area contributed by atoms with Crippen molar-refractivity contribution in [2.45, 2.75) is 0 Å². The number of carbonyl (C=O) groups is 2. The van der Waals surface area contributed by atoms with Crippen LogP contribution in [0.3, 0.4) is 0 Å². The SMILES string of the molecule is COc1cc(OC(=O)c2ccc(Cl)cc2)ccc1C=C1SC(=S)N(c2ccccc2)C1=O. The first kappa shape index (κ1) is 22.1. The van der Waals surface area contributed by atoms with Crippen LogP contribution in [0.5, 0.6) is 11.5 Å². The topological polar surface area (TPSA) is 55.8 Å². The molecule has 1 heterocycles. The summed E-state index contributed by atoms with van der Waals surface area (Å²) in [6.07, 6.45) is 1.71. The van der Waals surface area contributed by atoms with Gasteiger partial charge in [0.2, 0.25) is 0 Å². The first-order valence-electron chi connectivity index (χ1n) is 9.45. The summed E-state index contributed by atoms with van der Waals surface area (Å²) in [5.74, 6) is 0.0545. The molecule has 0 atom stereocenters. The third-order valence-corrected chi connectivity index (χ3v) is 6.14. The zero-order valence-corrected chi connectivity index (χ0v) is 19.2. The van der Waals surface area contributed by atoms with Gasteiger partial charge in [0.1, 0.15) is 11.5 Å². The molecule has 0 unspecified atom stereocenters. The van der Waals surface area contributed by atoms with Gasteiger partial charge in [0.25, 0.3) is 5.91 Å². The van der Waals surface area contributed by atoms with Crippen molar-refractivity contribution in [1.82, 2.24) is 0 Å². The van der Waals surface area contributed by atoms with Crippen molar-refractivity contribution in [3.05, 3.63) is 93.9 Å². The van der Waals surface area contributed by atoms with Gasteiger partial charge in [-0.2, -0.15) is 0 Å². The van der Waals surface area contributed by atoms with Gasteiger partial charge in [-0.1, -0.05) is 53.8 Å². The number of carbonyl (C=O) groups excluding carboxylic acids is 2. The molecule has 3 aromatic carbocycles. The monoisotopic (exact) mass is 481 g/mol. The number of methoxy groups -OCH3 is 1. The van der Waals surface area contributed by atoms with Crippen LogP contribution in [0, 0.1) is 0 Å². The number of nitrogens with zero attached hydrogens (tertiary/aromatic N) is 1. The second-order valence-corrected chi connectivity index (χ2v) is 8.77.